The number of hydrogen-bond donors (Lipinski definition) is 0. The number of nitriles is 1. The largest absolute Gasteiger partial charge is 0.469 e. The molecule has 2 fully saturated rings. The maximum absolute atomic E-state index is 11.3. The Balaban J connectivity index is 1.94. The Morgan fingerprint density at radius 2 is 2.23 bits per heavy atom. The molecule has 0 unspecified atom stereocenters. The number of carbonyl (C=O) groups excluding carboxylic acids is 1. The van der Waals surface area contributed by atoms with Gasteiger partial charge in [-0.15, -0.1) is 0 Å². The molecule has 0 aliphatic carbocycles. The normalized spacial score (nSPS) is 35.5. The lowest BCUT2D eigenvalue weighted by Gasteiger charge is -2.42. The Bertz CT molecular complexity index is 433. The molecular formula is C17H27NO4. The minimum Gasteiger partial charge on any atom is -0.469 e. The van der Waals surface area contributed by atoms with Gasteiger partial charge in [0.2, 0.25) is 0 Å². The van der Waals surface area contributed by atoms with Gasteiger partial charge in [0, 0.05) is 18.8 Å². The van der Waals surface area contributed by atoms with E-state index < -0.39 is 0 Å². The van der Waals surface area contributed by atoms with Crippen molar-refractivity contribution in [3.05, 3.63) is 0 Å². The van der Waals surface area contributed by atoms with E-state index in [2.05, 4.69) is 13.0 Å². The van der Waals surface area contributed by atoms with Crippen molar-refractivity contribution in [3.63, 3.8) is 0 Å². The number of rotatable bonds is 6. The number of fused-ring (bicyclic) bond motifs is 1. The topological polar surface area (TPSA) is 68.5 Å². The van der Waals surface area contributed by atoms with Crippen LogP contribution in [0.15, 0.2) is 0 Å². The highest BCUT2D eigenvalue weighted by molar-refractivity contribution is 5.69. The van der Waals surface area contributed by atoms with Crippen LogP contribution in [-0.2, 0) is 19.0 Å². The number of esters is 1. The zero-order valence-corrected chi connectivity index (χ0v) is 13.8. The Kier molecular flexibility index (Phi) is 5.82. The van der Waals surface area contributed by atoms with Crippen molar-refractivity contribution in [2.75, 3.05) is 7.11 Å². The summed E-state index contributed by atoms with van der Waals surface area (Å²) in [5, 5.41) is 8.99. The average Bonchev–Trinajstić information content (AvgIpc) is 2.90. The van der Waals surface area contributed by atoms with E-state index in [1.807, 2.05) is 6.92 Å². The summed E-state index contributed by atoms with van der Waals surface area (Å²) in [4.78, 5) is 11.3. The predicted octanol–water partition coefficient (Wildman–Crippen LogP) is 2.97. The molecule has 0 aromatic rings. The summed E-state index contributed by atoms with van der Waals surface area (Å²) in [6.45, 7) is 4.08. The van der Waals surface area contributed by atoms with Crippen LogP contribution in [0, 0.1) is 17.2 Å². The molecule has 124 valence electrons. The van der Waals surface area contributed by atoms with Crippen LogP contribution in [0.1, 0.15) is 58.8 Å². The fourth-order valence-corrected chi connectivity index (χ4v) is 3.72. The van der Waals surface area contributed by atoms with Crippen molar-refractivity contribution in [3.8, 4) is 6.07 Å². The second-order valence-electron chi connectivity index (χ2n) is 6.57. The molecule has 0 saturated carbocycles. The third-order valence-corrected chi connectivity index (χ3v) is 5.00. The monoisotopic (exact) mass is 309 g/mol. The molecule has 2 aliphatic heterocycles. The summed E-state index contributed by atoms with van der Waals surface area (Å²) in [5.41, 5.74) is -0.237. The number of hydrogen-bond acceptors (Lipinski definition) is 5. The molecule has 0 aromatic carbocycles. The number of nitrogens with zero attached hydrogens (tertiary/aromatic N) is 1. The standard InChI is InChI=1S/C17H27NO4/c1-4-17-10-14(6-8-16(19)20-3)21-15(17)7-5-13(22-17)9-12(2)11-18/h12-15H,4-10H2,1-3H3/t12-,13-,14+,15+,17+/m1/s1. The molecule has 0 amide bonds. The first kappa shape index (κ1) is 17.2. The van der Waals surface area contributed by atoms with Crippen LogP contribution >= 0.6 is 0 Å². The zero-order valence-electron chi connectivity index (χ0n) is 13.8. The van der Waals surface area contributed by atoms with E-state index >= 15 is 0 Å². The van der Waals surface area contributed by atoms with E-state index in [1.54, 1.807) is 0 Å². The molecule has 0 aromatic heterocycles. The molecule has 22 heavy (non-hydrogen) atoms. The highest BCUT2D eigenvalue weighted by atomic mass is 16.6. The summed E-state index contributed by atoms with van der Waals surface area (Å²) in [6, 6.07) is 2.29. The quantitative estimate of drug-likeness (QED) is 0.706. The molecule has 5 heteroatoms. The molecule has 2 heterocycles. The molecule has 5 atom stereocenters. The maximum Gasteiger partial charge on any atom is 0.305 e. The third kappa shape index (κ3) is 3.80. The fraction of sp³-hybridized carbons (Fsp3) is 0.882. The van der Waals surface area contributed by atoms with Gasteiger partial charge in [-0.2, -0.15) is 5.26 Å². The number of ether oxygens (including phenoxy) is 3. The van der Waals surface area contributed by atoms with Gasteiger partial charge < -0.3 is 14.2 Å². The number of methoxy groups -OCH3 is 1. The Morgan fingerprint density at radius 3 is 2.86 bits per heavy atom. The summed E-state index contributed by atoms with van der Waals surface area (Å²) in [7, 11) is 1.41. The molecule has 2 rings (SSSR count). The van der Waals surface area contributed by atoms with E-state index in [9.17, 15) is 4.79 Å². The van der Waals surface area contributed by atoms with Crippen molar-refractivity contribution < 1.29 is 19.0 Å². The molecular weight excluding hydrogens is 282 g/mol. The van der Waals surface area contributed by atoms with Crippen LogP contribution in [-0.4, -0.2) is 37.0 Å². The minimum absolute atomic E-state index is 0.0212. The van der Waals surface area contributed by atoms with E-state index in [1.165, 1.54) is 7.11 Å². The molecule has 0 radical (unpaired) electrons. The predicted molar refractivity (Wildman–Crippen MR) is 81.1 cm³/mol. The van der Waals surface area contributed by atoms with E-state index in [0.717, 1.165) is 32.1 Å². The van der Waals surface area contributed by atoms with Crippen LogP contribution in [0.2, 0.25) is 0 Å². The van der Waals surface area contributed by atoms with Gasteiger partial charge in [-0.05, 0) is 39.0 Å². The maximum atomic E-state index is 11.3. The van der Waals surface area contributed by atoms with E-state index in [-0.39, 0.29) is 35.8 Å². The molecule has 0 spiro atoms. The fourth-order valence-electron chi connectivity index (χ4n) is 3.72. The van der Waals surface area contributed by atoms with Crippen molar-refractivity contribution >= 4 is 5.97 Å². The summed E-state index contributed by atoms with van der Waals surface area (Å²) < 4.78 is 17.2. The van der Waals surface area contributed by atoms with Crippen molar-refractivity contribution in [1.82, 2.24) is 0 Å². The Hall–Kier alpha value is -1.12. The lowest BCUT2D eigenvalue weighted by atomic mass is 9.83. The van der Waals surface area contributed by atoms with Crippen LogP contribution in [0.25, 0.3) is 0 Å². The SMILES string of the molecule is CC[C@]12C[C@H](CCC(=O)OC)O[C@H]1CC[C@H](C[C@@H](C)C#N)O2. The van der Waals surface area contributed by atoms with Crippen molar-refractivity contribution in [2.45, 2.75) is 82.7 Å². The Morgan fingerprint density at radius 1 is 1.45 bits per heavy atom. The van der Waals surface area contributed by atoms with Crippen LogP contribution in [0.3, 0.4) is 0 Å². The zero-order chi connectivity index (χ0) is 16.2. The van der Waals surface area contributed by atoms with Gasteiger partial charge in [-0.1, -0.05) is 6.92 Å². The summed E-state index contributed by atoms with van der Waals surface area (Å²) in [5.74, 6) is -0.168. The average molecular weight is 309 g/mol. The lowest BCUT2D eigenvalue weighted by molar-refractivity contribution is -0.170. The van der Waals surface area contributed by atoms with Crippen molar-refractivity contribution in [2.24, 2.45) is 5.92 Å². The molecule has 0 bridgehead atoms. The first-order valence-electron chi connectivity index (χ1n) is 8.32. The Labute approximate surface area is 132 Å². The molecule has 0 N–H and O–H groups in total. The molecule has 2 aliphatic rings. The van der Waals surface area contributed by atoms with Gasteiger partial charge in [-0.25, -0.2) is 0 Å². The van der Waals surface area contributed by atoms with Gasteiger partial charge in [0.05, 0.1) is 37.1 Å². The first-order valence-corrected chi connectivity index (χ1v) is 8.32. The van der Waals surface area contributed by atoms with Gasteiger partial charge in [0.1, 0.15) is 0 Å². The van der Waals surface area contributed by atoms with E-state index in [0.29, 0.717) is 12.8 Å². The van der Waals surface area contributed by atoms with E-state index in [4.69, 9.17) is 19.5 Å². The second kappa shape index (κ2) is 7.43. The molecule has 5 nitrogen and oxygen atoms in total. The van der Waals surface area contributed by atoms with Crippen LogP contribution in [0.5, 0.6) is 0 Å². The second-order valence-corrected chi connectivity index (χ2v) is 6.57. The minimum atomic E-state index is -0.237. The summed E-state index contributed by atoms with van der Waals surface area (Å²) >= 11 is 0. The smallest absolute Gasteiger partial charge is 0.305 e. The van der Waals surface area contributed by atoms with Gasteiger partial charge in [0.15, 0.2) is 0 Å². The van der Waals surface area contributed by atoms with Gasteiger partial charge in [0.25, 0.3) is 0 Å². The van der Waals surface area contributed by atoms with Gasteiger partial charge in [-0.3, -0.25) is 4.79 Å². The van der Waals surface area contributed by atoms with Crippen LogP contribution in [0.4, 0.5) is 0 Å². The molecule has 2 saturated heterocycles. The third-order valence-electron chi connectivity index (χ3n) is 5.00. The first-order chi connectivity index (χ1) is 10.5. The van der Waals surface area contributed by atoms with Crippen LogP contribution < -0.4 is 0 Å². The summed E-state index contributed by atoms with van der Waals surface area (Å²) in [6.07, 6.45) is 5.87. The highest BCUT2D eigenvalue weighted by Crippen LogP contribution is 2.45. The number of carbonyl (C=O) groups is 1. The van der Waals surface area contributed by atoms with Crippen molar-refractivity contribution in [1.29, 1.82) is 5.26 Å². The highest BCUT2D eigenvalue weighted by Gasteiger charge is 2.51. The van der Waals surface area contributed by atoms with Gasteiger partial charge >= 0.3 is 5.97 Å². The lowest BCUT2D eigenvalue weighted by Crippen LogP contribution is -2.48.